The summed E-state index contributed by atoms with van der Waals surface area (Å²) in [5, 5.41) is 4.74. The van der Waals surface area contributed by atoms with E-state index >= 15 is 0 Å². The monoisotopic (exact) mass is 345 g/mol. The Morgan fingerprint density at radius 2 is 2.04 bits per heavy atom. The van der Waals surface area contributed by atoms with Crippen LogP contribution in [-0.4, -0.2) is 33.5 Å². The van der Waals surface area contributed by atoms with Gasteiger partial charge >= 0.3 is 0 Å². The van der Waals surface area contributed by atoms with E-state index in [0.717, 1.165) is 18.4 Å². The second-order valence-electron chi connectivity index (χ2n) is 6.71. The van der Waals surface area contributed by atoms with Crippen LogP contribution in [0.5, 0.6) is 0 Å². The molecule has 6 heteroatoms. The first-order valence-corrected chi connectivity index (χ1v) is 8.97. The second kappa shape index (κ2) is 6.55. The van der Waals surface area contributed by atoms with Crippen molar-refractivity contribution in [3.05, 3.63) is 35.1 Å². The molecule has 1 aromatic carbocycles. The topological polar surface area (TPSA) is 59.2 Å². The van der Waals surface area contributed by atoms with Gasteiger partial charge in [-0.25, -0.2) is 0 Å². The molecule has 0 radical (unpaired) electrons. The summed E-state index contributed by atoms with van der Waals surface area (Å²) in [6.45, 7) is 0.706. The van der Waals surface area contributed by atoms with E-state index in [9.17, 15) is 4.79 Å². The second-order valence-corrected chi connectivity index (χ2v) is 7.14. The third-order valence-corrected chi connectivity index (χ3v) is 5.29. The van der Waals surface area contributed by atoms with E-state index in [1.165, 1.54) is 19.3 Å². The zero-order valence-corrected chi connectivity index (χ0v) is 14.2. The first-order valence-electron chi connectivity index (χ1n) is 8.60. The molecule has 1 aliphatic carbocycles. The molecule has 1 saturated carbocycles. The van der Waals surface area contributed by atoms with Crippen molar-refractivity contribution in [1.29, 1.82) is 0 Å². The SMILES string of the molecule is O=C1C[C@@H](c2noc(-c3cccc(Cl)c3)n2)CN1C1CCCCC1. The quantitative estimate of drug-likeness (QED) is 0.842. The average molecular weight is 346 g/mol. The minimum absolute atomic E-state index is 0.0242. The number of hydrogen-bond acceptors (Lipinski definition) is 4. The van der Waals surface area contributed by atoms with E-state index in [2.05, 4.69) is 10.1 Å². The van der Waals surface area contributed by atoms with Gasteiger partial charge in [0.2, 0.25) is 5.91 Å². The first-order chi connectivity index (χ1) is 11.7. The number of halogens is 1. The molecule has 1 aromatic heterocycles. The zero-order valence-electron chi connectivity index (χ0n) is 13.4. The number of benzene rings is 1. The lowest BCUT2D eigenvalue weighted by Crippen LogP contribution is -2.37. The largest absolute Gasteiger partial charge is 0.339 e. The van der Waals surface area contributed by atoms with Crippen LogP contribution < -0.4 is 0 Å². The first kappa shape index (κ1) is 15.6. The minimum Gasteiger partial charge on any atom is -0.339 e. The molecular weight excluding hydrogens is 326 g/mol. The van der Waals surface area contributed by atoms with Crippen molar-refractivity contribution < 1.29 is 9.32 Å². The van der Waals surface area contributed by atoms with Crippen LogP contribution in [0.25, 0.3) is 11.5 Å². The lowest BCUT2D eigenvalue weighted by Gasteiger charge is -2.31. The van der Waals surface area contributed by atoms with Gasteiger partial charge in [0.15, 0.2) is 5.82 Å². The Balaban J connectivity index is 1.50. The summed E-state index contributed by atoms with van der Waals surface area (Å²) in [4.78, 5) is 18.9. The lowest BCUT2D eigenvalue weighted by atomic mass is 9.94. The third-order valence-electron chi connectivity index (χ3n) is 5.05. The standard InChI is InChI=1S/C18H20ClN3O2/c19-14-6-4-5-12(9-14)18-20-17(21-24-18)13-10-16(23)22(11-13)15-7-2-1-3-8-15/h4-6,9,13,15H,1-3,7-8,10-11H2/t13-/m1/s1. The van der Waals surface area contributed by atoms with Crippen molar-refractivity contribution in [2.24, 2.45) is 0 Å². The Labute approximate surface area is 146 Å². The molecule has 1 amide bonds. The summed E-state index contributed by atoms with van der Waals surface area (Å²) in [6.07, 6.45) is 6.46. The molecule has 5 nitrogen and oxygen atoms in total. The van der Waals surface area contributed by atoms with Gasteiger partial charge in [0.25, 0.3) is 5.89 Å². The van der Waals surface area contributed by atoms with Crippen LogP contribution in [0.4, 0.5) is 0 Å². The van der Waals surface area contributed by atoms with Crippen LogP contribution in [0.3, 0.4) is 0 Å². The molecule has 0 spiro atoms. The number of hydrogen-bond donors (Lipinski definition) is 0. The highest BCUT2D eigenvalue weighted by Crippen LogP contribution is 2.33. The average Bonchev–Trinajstić information content (AvgIpc) is 3.22. The van der Waals surface area contributed by atoms with Crippen molar-refractivity contribution >= 4 is 17.5 Å². The molecule has 1 aliphatic heterocycles. The van der Waals surface area contributed by atoms with Crippen molar-refractivity contribution in [3.8, 4) is 11.5 Å². The maximum atomic E-state index is 12.4. The number of amides is 1. The molecule has 1 atom stereocenters. The van der Waals surface area contributed by atoms with Crippen LogP contribution in [0.15, 0.2) is 28.8 Å². The van der Waals surface area contributed by atoms with Gasteiger partial charge in [0, 0.05) is 35.5 Å². The normalized spacial score (nSPS) is 22.3. The van der Waals surface area contributed by atoms with E-state index in [0.29, 0.717) is 35.7 Å². The summed E-state index contributed by atoms with van der Waals surface area (Å²) in [5.41, 5.74) is 0.801. The number of rotatable bonds is 3. The summed E-state index contributed by atoms with van der Waals surface area (Å²) in [7, 11) is 0. The molecule has 24 heavy (non-hydrogen) atoms. The highest BCUT2D eigenvalue weighted by Gasteiger charge is 2.37. The summed E-state index contributed by atoms with van der Waals surface area (Å²) in [6, 6.07) is 7.74. The van der Waals surface area contributed by atoms with E-state index < -0.39 is 0 Å². The lowest BCUT2D eigenvalue weighted by molar-refractivity contribution is -0.130. The van der Waals surface area contributed by atoms with Gasteiger partial charge in [0.1, 0.15) is 0 Å². The molecule has 4 rings (SSSR count). The fraction of sp³-hybridized carbons (Fsp3) is 0.500. The molecular formula is C18H20ClN3O2. The highest BCUT2D eigenvalue weighted by atomic mass is 35.5. The van der Waals surface area contributed by atoms with Crippen molar-refractivity contribution in [1.82, 2.24) is 15.0 Å². The summed E-state index contributed by atoms with van der Waals surface area (Å²) < 4.78 is 5.38. The number of nitrogens with zero attached hydrogens (tertiary/aromatic N) is 3. The predicted octanol–water partition coefficient (Wildman–Crippen LogP) is 4.04. The number of carbonyl (C=O) groups excluding carboxylic acids is 1. The van der Waals surface area contributed by atoms with Gasteiger partial charge in [-0.1, -0.05) is 42.1 Å². The number of likely N-dealkylation sites (tertiary alicyclic amines) is 1. The van der Waals surface area contributed by atoms with Crippen molar-refractivity contribution in [2.75, 3.05) is 6.54 Å². The molecule has 0 unspecified atom stereocenters. The van der Waals surface area contributed by atoms with Gasteiger partial charge in [-0.3, -0.25) is 4.79 Å². The maximum absolute atomic E-state index is 12.4. The minimum atomic E-state index is 0.0242. The van der Waals surface area contributed by atoms with E-state index in [4.69, 9.17) is 16.1 Å². The van der Waals surface area contributed by atoms with E-state index in [1.807, 2.05) is 17.0 Å². The Morgan fingerprint density at radius 1 is 1.21 bits per heavy atom. The van der Waals surface area contributed by atoms with Gasteiger partial charge in [-0.15, -0.1) is 0 Å². The zero-order chi connectivity index (χ0) is 16.5. The fourth-order valence-electron chi connectivity index (χ4n) is 3.79. The molecule has 2 heterocycles. The van der Waals surface area contributed by atoms with Gasteiger partial charge in [0.05, 0.1) is 0 Å². The van der Waals surface area contributed by atoms with E-state index in [1.54, 1.807) is 12.1 Å². The Morgan fingerprint density at radius 3 is 2.83 bits per heavy atom. The number of aromatic nitrogens is 2. The smallest absolute Gasteiger partial charge is 0.257 e. The van der Waals surface area contributed by atoms with Crippen LogP contribution in [0.1, 0.15) is 50.3 Å². The van der Waals surface area contributed by atoms with E-state index in [-0.39, 0.29) is 11.8 Å². The molecule has 0 bridgehead atoms. The molecule has 126 valence electrons. The maximum Gasteiger partial charge on any atom is 0.257 e. The van der Waals surface area contributed by atoms with Crippen LogP contribution >= 0.6 is 11.6 Å². The molecule has 2 fully saturated rings. The van der Waals surface area contributed by atoms with Crippen LogP contribution in [0, 0.1) is 0 Å². The van der Waals surface area contributed by atoms with Gasteiger partial charge in [-0.2, -0.15) is 4.98 Å². The number of carbonyl (C=O) groups is 1. The Kier molecular flexibility index (Phi) is 4.27. The Hall–Kier alpha value is -1.88. The predicted molar refractivity (Wildman–Crippen MR) is 90.7 cm³/mol. The summed E-state index contributed by atoms with van der Waals surface area (Å²) >= 11 is 6.01. The van der Waals surface area contributed by atoms with Gasteiger partial charge in [-0.05, 0) is 31.0 Å². The molecule has 2 aromatic rings. The van der Waals surface area contributed by atoms with Crippen LogP contribution in [0.2, 0.25) is 5.02 Å². The van der Waals surface area contributed by atoms with Crippen LogP contribution in [-0.2, 0) is 4.79 Å². The third kappa shape index (κ3) is 3.05. The summed E-state index contributed by atoms with van der Waals surface area (Å²) in [5.74, 6) is 1.32. The van der Waals surface area contributed by atoms with Crippen molar-refractivity contribution in [3.63, 3.8) is 0 Å². The van der Waals surface area contributed by atoms with Crippen molar-refractivity contribution in [2.45, 2.75) is 50.5 Å². The molecule has 0 N–H and O–H groups in total. The molecule has 2 aliphatic rings. The Bertz CT molecular complexity index is 739. The highest BCUT2D eigenvalue weighted by molar-refractivity contribution is 6.30. The van der Waals surface area contributed by atoms with Gasteiger partial charge < -0.3 is 9.42 Å². The fourth-order valence-corrected chi connectivity index (χ4v) is 3.98. The molecule has 1 saturated heterocycles.